The number of rotatable bonds is 0. The van der Waals surface area contributed by atoms with Crippen molar-refractivity contribution >= 4 is 11.7 Å². The molecular weight excluding hydrogens is 186 g/mol. The smallest absolute Gasteiger partial charge is 0.148 e. The van der Waals surface area contributed by atoms with E-state index in [-0.39, 0.29) is 17.0 Å². The predicted octanol–water partition coefficient (Wildman–Crippen LogP) is 2.82. The molecule has 1 aliphatic heterocycles. The minimum Gasteiger partial charge on any atom is -0.332 e. The standard InChI is InChI=1S/C12H23N3/c1-8-13-9(11(2,3)4)15-10(14-8)12(5,6)7/h9H,1-7H3,(H,13,14,15). The van der Waals surface area contributed by atoms with Gasteiger partial charge in [0.05, 0.1) is 0 Å². The lowest BCUT2D eigenvalue weighted by Gasteiger charge is -2.33. The SMILES string of the molecule is CC1=NC(C(C)(C)C)N=C(C(C)(C)C)N1. The Balaban J connectivity index is 3.01. The molecule has 0 aromatic carbocycles. The summed E-state index contributed by atoms with van der Waals surface area (Å²) in [4.78, 5) is 9.23. The van der Waals surface area contributed by atoms with Gasteiger partial charge in [0.2, 0.25) is 0 Å². The largest absolute Gasteiger partial charge is 0.332 e. The number of hydrogen-bond donors (Lipinski definition) is 1. The summed E-state index contributed by atoms with van der Waals surface area (Å²) in [5.41, 5.74) is 0.139. The van der Waals surface area contributed by atoms with Crippen molar-refractivity contribution in [2.75, 3.05) is 0 Å². The van der Waals surface area contributed by atoms with E-state index >= 15 is 0 Å². The fraction of sp³-hybridized carbons (Fsp3) is 0.833. The number of hydrogen-bond acceptors (Lipinski definition) is 3. The van der Waals surface area contributed by atoms with E-state index in [9.17, 15) is 0 Å². The highest BCUT2D eigenvalue weighted by atomic mass is 15.2. The van der Waals surface area contributed by atoms with Crippen molar-refractivity contribution in [2.24, 2.45) is 20.8 Å². The Morgan fingerprint density at radius 3 is 1.93 bits per heavy atom. The maximum atomic E-state index is 4.69. The van der Waals surface area contributed by atoms with Gasteiger partial charge in [-0.05, 0) is 6.92 Å². The summed E-state index contributed by atoms with van der Waals surface area (Å²) in [6, 6.07) is 0. The molecule has 3 nitrogen and oxygen atoms in total. The molecule has 15 heavy (non-hydrogen) atoms. The molecule has 3 heteroatoms. The van der Waals surface area contributed by atoms with E-state index in [1.165, 1.54) is 0 Å². The molecule has 0 amide bonds. The Hall–Kier alpha value is -0.860. The normalized spacial score (nSPS) is 23.0. The van der Waals surface area contributed by atoms with Crippen molar-refractivity contribution in [3.05, 3.63) is 0 Å². The number of nitrogens with one attached hydrogen (secondary N) is 1. The first kappa shape index (κ1) is 12.2. The molecule has 0 aromatic rings. The summed E-state index contributed by atoms with van der Waals surface area (Å²) < 4.78 is 0. The summed E-state index contributed by atoms with van der Waals surface area (Å²) in [5, 5.41) is 3.26. The third-order valence-corrected chi connectivity index (χ3v) is 2.35. The Bertz CT molecular complexity index is 300. The summed E-state index contributed by atoms with van der Waals surface area (Å²) in [7, 11) is 0. The molecule has 86 valence electrons. The first-order chi connectivity index (χ1) is 6.60. The van der Waals surface area contributed by atoms with Crippen LogP contribution in [0.25, 0.3) is 0 Å². The zero-order valence-corrected chi connectivity index (χ0v) is 11.0. The lowest BCUT2D eigenvalue weighted by molar-refractivity contribution is 0.325. The van der Waals surface area contributed by atoms with Crippen molar-refractivity contribution in [1.29, 1.82) is 0 Å². The lowest BCUT2D eigenvalue weighted by Crippen LogP contribution is -2.44. The van der Waals surface area contributed by atoms with Crippen LogP contribution in [0, 0.1) is 10.8 Å². The van der Waals surface area contributed by atoms with E-state index in [0.29, 0.717) is 0 Å². The molecule has 0 radical (unpaired) electrons. The Kier molecular flexibility index (Phi) is 2.94. The van der Waals surface area contributed by atoms with Gasteiger partial charge in [-0.1, -0.05) is 41.5 Å². The maximum Gasteiger partial charge on any atom is 0.148 e. The molecule has 0 saturated heterocycles. The van der Waals surface area contributed by atoms with Crippen LogP contribution in [0.15, 0.2) is 9.98 Å². The minimum absolute atomic E-state index is 0.0352. The van der Waals surface area contributed by atoms with Gasteiger partial charge in [0.15, 0.2) is 0 Å². The molecule has 1 rings (SSSR count). The highest BCUT2D eigenvalue weighted by Crippen LogP contribution is 2.27. The molecule has 0 bridgehead atoms. The van der Waals surface area contributed by atoms with E-state index in [2.05, 4.69) is 51.9 Å². The first-order valence-corrected chi connectivity index (χ1v) is 5.50. The quantitative estimate of drug-likeness (QED) is 0.654. The molecular formula is C12H23N3. The summed E-state index contributed by atoms with van der Waals surface area (Å²) >= 11 is 0. The highest BCUT2D eigenvalue weighted by molar-refractivity contribution is 6.03. The molecule has 0 spiro atoms. The second-order valence-electron chi connectivity index (χ2n) is 6.31. The van der Waals surface area contributed by atoms with Gasteiger partial charge in [0.25, 0.3) is 0 Å². The number of amidine groups is 2. The topological polar surface area (TPSA) is 36.8 Å². The van der Waals surface area contributed by atoms with Gasteiger partial charge in [-0.25, -0.2) is 9.98 Å². The molecule has 0 saturated carbocycles. The summed E-state index contributed by atoms with van der Waals surface area (Å²) in [6.07, 6.45) is 0.0352. The van der Waals surface area contributed by atoms with Crippen molar-refractivity contribution in [1.82, 2.24) is 5.32 Å². The molecule has 1 aliphatic rings. The van der Waals surface area contributed by atoms with E-state index in [1.807, 2.05) is 6.92 Å². The Morgan fingerprint density at radius 1 is 1.00 bits per heavy atom. The van der Waals surface area contributed by atoms with Crippen LogP contribution in [0.1, 0.15) is 48.5 Å². The van der Waals surface area contributed by atoms with Crippen LogP contribution in [0.4, 0.5) is 0 Å². The average molecular weight is 209 g/mol. The fourth-order valence-electron chi connectivity index (χ4n) is 1.34. The van der Waals surface area contributed by atoms with Crippen LogP contribution in [0.2, 0.25) is 0 Å². The molecule has 1 unspecified atom stereocenters. The van der Waals surface area contributed by atoms with Gasteiger partial charge in [-0.15, -0.1) is 0 Å². The highest BCUT2D eigenvalue weighted by Gasteiger charge is 2.30. The first-order valence-electron chi connectivity index (χ1n) is 5.50. The summed E-state index contributed by atoms with van der Waals surface area (Å²) in [5.74, 6) is 2.00. The lowest BCUT2D eigenvalue weighted by atomic mass is 9.90. The summed E-state index contributed by atoms with van der Waals surface area (Å²) in [6.45, 7) is 15.0. The fourth-order valence-corrected chi connectivity index (χ4v) is 1.34. The van der Waals surface area contributed by atoms with Gasteiger partial charge in [-0.3, -0.25) is 0 Å². The van der Waals surface area contributed by atoms with Crippen molar-refractivity contribution in [3.8, 4) is 0 Å². The Labute approximate surface area is 93.1 Å². The molecule has 0 aliphatic carbocycles. The maximum absolute atomic E-state index is 4.69. The zero-order chi connectivity index (χ0) is 11.9. The van der Waals surface area contributed by atoms with E-state index < -0.39 is 0 Å². The third kappa shape index (κ3) is 3.05. The molecule has 0 fully saturated rings. The van der Waals surface area contributed by atoms with Crippen LogP contribution in [0.5, 0.6) is 0 Å². The van der Waals surface area contributed by atoms with Crippen LogP contribution in [-0.4, -0.2) is 17.8 Å². The van der Waals surface area contributed by atoms with Crippen molar-refractivity contribution < 1.29 is 0 Å². The third-order valence-electron chi connectivity index (χ3n) is 2.35. The number of aliphatic imine (C=N–C) groups is 2. The van der Waals surface area contributed by atoms with Gasteiger partial charge in [0, 0.05) is 10.8 Å². The van der Waals surface area contributed by atoms with Crippen LogP contribution < -0.4 is 5.32 Å². The molecule has 1 atom stereocenters. The zero-order valence-electron chi connectivity index (χ0n) is 11.0. The van der Waals surface area contributed by atoms with Gasteiger partial charge in [0.1, 0.15) is 17.8 Å². The van der Waals surface area contributed by atoms with E-state index in [1.54, 1.807) is 0 Å². The molecule has 1 N–H and O–H groups in total. The second-order valence-corrected chi connectivity index (χ2v) is 6.31. The van der Waals surface area contributed by atoms with E-state index in [4.69, 9.17) is 4.99 Å². The molecule has 1 heterocycles. The van der Waals surface area contributed by atoms with Crippen LogP contribution in [-0.2, 0) is 0 Å². The van der Waals surface area contributed by atoms with Crippen molar-refractivity contribution in [3.63, 3.8) is 0 Å². The molecule has 0 aromatic heterocycles. The minimum atomic E-state index is 0.0352. The van der Waals surface area contributed by atoms with Gasteiger partial charge >= 0.3 is 0 Å². The van der Waals surface area contributed by atoms with Crippen LogP contribution in [0.3, 0.4) is 0 Å². The van der Waals surface area contributed by atoms with E-state index in [0.717, 1.165) is 11.7 Å². The van der Waals surface area contributed by atoms with Crippen molar-refractivity contribution in [2.45, 2.75) is 54.6 Å². The van der Waals surface area contributed by atoms with Gasteiger partial charge in [-0.2, -0.15) is 0 Å². The van der Waals surface area contributed by atoms with Gasteiger partial charge < -0.3 is 5.32 Å². The Morgan fingerprint density at radius 2 is 1.53 bits per heavy atom. The second kappa shape index (κ2) is 3.62. The monoisotopic (exact) mass is 209 g/mol. The predicted molar refractivity (Wildman–Crippen MR) is 66.4 cm³/mol. The number of nitrogens with zero attached hydrogens (tertiary/aromatic N) is 2. The average Bonchev–Trinajstić information content (AvgIpc) is 1.99. The van der Waals surface area contributed by atoms with Crippen LogP contribution >= 0.6 is 0 Å².